The number of nitrogens with one attached hydrogen (secondary N) is 2. The van der Waals surface area contributed by atoms with Gasteiger partial charge in [-0.1, -0.05) is 12.1 Å². The number of hydrogen-bond donors (Lipinski definition) is 2. The number of aromatic nitrogens is 3. The summed E-state index contributed by atoms with van der Waals surface area (Å²) in [6.45, 7) is 5.89. The summed E-state index contributed by atoms with van der Waals surface area (Å²) >= 11 is 0. The number of amides is 3. The Bertz CT molecular complexity index is 2060. The quantitative estimate of drug-likeness (QED) is 0.117. The number of methoxy groups -OCH3 is 1. The molecule has 6 rings (SSSR count). The van der Waals surface area contributed by atoms with E-state index in [1.807, 2.05) is 48.2 Å². The second-order valence-corrected chi connectivity index (χ2v) is 13.1. The Morgan fingerprint density at radius 1 is 0.909 bits per heavy atom. The van der Waals surface area contributed by atoms with Gasteiger partial charge in [-0.15, -0.1) is 37.2 Å². The molecule has 294 valence electrons. The van der Waals surface area contributed by atoms with E-state index in [2.05, 4.69) is 32.2 Å². The SMILES string of the molecule is COc1cc(C(=O)N(C)c2ccc(C)cc2OCCCCCC(=O)N2CCN(C)CC2)ccc1NC(=O)c1cccc2[nH]c(-c3cccnc3)nc12.Cl.Cl.Cl. The first-order chi connectivity index (χ1) is 25.2. The van der Waals surface area contributed by atoms with Gasteiger partial charge in [0.25, 0.3) is 11.8 Å². The molecular formula is C40H48Cl3N7O5. The lowest BCUT2D eigenvalue weighted by molar-refractivity contribution is -0.132. The summed E-state index contributed by atoms with van der Waals surface area (Å²) in [4.78, 5) is 57.7. The molecule has 0 unspecified atom stereocenters. The molecule has 3 amide bonds. The molecule has 15 heteroatoms. The predicted molar refractivity (Wildman–Crippen MR) is 224 cm³/mol. The standard InChI is InChI=1S/C40H45N7O5.3ClH/c1-27-14-17-33(35(24-27)52-23-7-5-6-13-36(48)47-21-19-45(2)20-22-47)46(3)40(50)28-15-16-31(34(25-28)51-4)43-39(49)30-11-8-12-32-37(30)44-38(42-32)29-10-9-18-41-26-29;;;/h8-12,14-18,24-26H,5-7,13,19-23H2,1-4H3,(H,42,44)(H,43,49);3*1H. The van der Waals surface area contributed by atoms with Crippen molar-refractivity contribution in [2.45, 2.75) is 32.6 Å². The van der Waals surface area contributed by atoms with Gasteiger partial charge in [-0.3, -0.25) is 19.4 Å². The molecule has 0 aliphatic carbocycles. The van der Waals surface area contributed by atoms with Crippen LogP contribution in [-0.4, -0.2) is 96.5 Å². The maximum Gasteiger partial charge on any atom is 0.258 e. The molecule has 1 aliphatic rings. The molecule has 0 bridgehead atoms. The molecule has 0 atom stereocenters. The monoisotopic (exact) mass is 811 g/mol. The van der Waals surface area contributed by atoms with Crippen LogP contribution in [0.1, 0.15) is 52.0 Å². The minimum atomic E-state index is -0.368. The number of aromatic amines is 1. The van der Waals surface area contributed by atoms with Crippen molar-refractivity contribution in [2.75, 3.05) is 64.2 Å². The maximum atomic E-state index is 13.8. The van der Waals surface area contributed by atoms with Crippen LogP contribution < -0.4 is 19.7 Å². The summed E-state index contributed by atoms with van der Waals surface area (Å²) in [7, 11) is 5.28. The van der Waals surface area contributed by atoms with Crippen LogP contribution in [0.15, 0.2) is 79.1 Å². The topological polar surface area (TPSA) is 133 Å². The highest BCUT2D eigenvalue weighted by molar-refractivity contribution is 6.13. The van der Waals surface area contributed by atoms with Gasteiger partial charge in [0, 0.05) is 63.2 Å². The summed E-state index contributed by atoms with van der Waals surface area (Å²) < 4.78 is 11.8. The number of unbranched alkanes of at least 4 members (excludes halogenated alkanes) is 2. The molecule has 12 nitrogen and oxygen atoms in total. The predicted octanol–water partition coefficient (Wildman–Crippen LogP) is 7.45. The first kappa shape index (κ1) is 44.5. The summed E-state index contributed by atoms with van der Waals surface area (Å²) in [5.41, 5.74) is 4.88. The molecule has 1 fully saturated rings. The average Bonchev–Trinajstić information content (AvgIpc) is 3.61. The Morgan fingerprint density at radius 3 is 2.42 bits per heavy atom. The zero-order valence-corrected chi connectivity index (χ0v) is 33.8. The van der Waals surface area contributed by atoms with Crippen molar-refractivity contribution in [3.8, 4) is 22.9 Å². The molecule has 55 heavy (non-hydrogen) atoms. The number of ether oxygens (including phenoxy) is 2. The number of anilines is 2. The van der Waals surface area contributed by atoms with Crippen LogP contribution in [0.5, 0.6) is 11.5 Å². The van der Waals surface area contributed by atoms with Crippen molar-refractivity contribution in [1.82, 2.24) is 24.8 Å². The molecule has 5 aromatic rings. The Morgan fingerprint density at radius 2 is 1.69 bits per heavy atom. The Balaban J connectivity index is 0.00000271. The van der Waals surface area contributed by atoms with Gasteiger partial charge in [-0.25, -0.2) is 4.98 Å². The number of rotatable bonds is 13. The third-order valence-corrected chi connectivity index (χ3v) is 9.32. The number of likely N-dealkylation sites (N-methyl/N-ethyl adjacent to an activating group) is 1. The molecule has 2 N–H and O–H groups in total. The van der Waals surface area contributed by atoms with Gasteiger partial charge in [0.1, 0.15) is 22.8 Å². The second kappa shape index (κ2) is 20.7. The van der Waals surface area contributed by atoms with Crippen LogP contribution in [0.4, 0.5) is 11.4 Å². The summed E-state index contributed by atoms with van der Waals surface area (Å²) in [6, 6.07) is 19.8. The highest BCUT2D eigenvalue weighted by Gasteiger charge is 2.22. The van der Waals surface area contributed by atoms with E-state index >= 15 is 0 Å². The van der Waals surface area contributed by atoms with Crippen molar-refractivity contribution >= 4 is 77.4 Å². The van der Waals surface area contributed by atoms with Crippen LogP contribution in [0.2, 0.25) is 0 Å². The van der Waals surface area contributed by atoms with Crippen LogP contribution >= 0.6 is 37.2 Å². The Hall–Kier alpha value is -4.88. The molecule has 2 aromatic heterocycles. The Kier molecular flexibility index (Phi) is 16.8. The molecule has 3 aromatic carbocycles. The number of halogens is 3. The third-order valence-electron chi connectivity index (χ3n) is 9.32. The fraction of sp³-hybridized carbons (Fsp3) is 0.325. The summed E-state index contributed by atoms with van der Waals surface area (Å²) in [6.07, 6.45) is 6.44. The first-order valence-electron chi connectivity index (χ1n) is 17.6. The molecule has 1 aliphatic heterocycles. The fourth-order valence-corrected chi connectivity index (χ4v) is 6.24. The van der Waals surface area contributed by atoms with Gasteiger partial charge in [-0.2, -0.15) is 0 Å². The fourth-order valence-electron chi connectivity index (χ4n) is 6.24. The smallest absolute Gasteiger partial charge is 0.258 e. The molecule has 0 radical (unpaired) electrons. The number of carbonyl (C=O) groups excluding carboxylic acids is 3. The normalized spacial score (nSPS) is 12.5. The number of piperazine rings is 1. The number of benzene rings is 3. The number of para-hydroxylation sites is 1. The van der Waals surface area contributed by atoms with Crippen LogP contribution in [0, 0.1) is 6.92 Å². The number of imidazole rings is 1. The van der Waals surface area contributed by atoms with Crippen molar-refractivity contribution < 1.29 is 23.9 Å². The molecule has 0 saturated carbocycles. The summed E-state index contributed by atoms with van der Waals surface area (Å²) in [5, 5.41) is 2.93. The number of H-pyrrole nitrogens is 1. The van der Waals surface area contributed by atoms with E-state index in [1.165, 1.54) is 7.11 Å². The van der Waals surface area contributed by atoms with Gasteiger partial charge < -0.3 is 34.5 Å². The zero-order valence-electron chi connectivity index (χ0n) is 31.4. The van der Waals surface area contributed by atoms with Gasteiger partial charge in [0.05, 0.1) is 36.2 Å². The van der Waals surface area contributed by atoms with Crippen molar-refractivity contribution in [2.24, 2.45) is 0 Å². The molecule has 0 spiro atoms. The van der Waals surface area contributed by atoms with E-state index in [1.54, 1.807) is 54.7 Å². The molecule has 1 saturated heterocycles. The van der Waals surface area contributed by atoms with E-state index in [0.717, 1.165) is 62.1 Å². The number of carbonyl (C=O) groups is 3. The van der Waals surface area contributed by atoms with E-state index in [4.69, 9.17) is 9.47 Å². The van der Waals surface area contributed by atoms with Gasteiger partial charge in [0.15, 0.2) is 0 Å². The second-order valence-electron chi connectivity index (χ2n) is 13.1. The van der Waals surface area contributed by atoms with Crippen molar-refractivity contribution in [3.63, 3.8) is 0 Å². The Labute approximate surface area is 340 Å². The minimum absolute atomic E-state index is 0. The lowest BCUT2D eigenvalue weighted by Crippen LogP contribution is -2.47. The highest BCUT2D eigenvalue weighted by Crippen LogP contribution is 2.32. The number of hydrogen-bond acceptors (Lipinski definition) is 8. The highest BCUT2D eigenvalue weighted by atomic mass is 35.5. The van der Waals surface area contributed by atoms with Crippen LogP contribution in [0.3, 0.4) is 0 Å². The molecule has 3 heterocycles. The van der Waals surface area contributed by atoms with E-state index < -0.39 is 0 Å². The van der Waals surface area contributed by atoms with Crippen LogP contribution in [-0.2, 0) is 4.79 Å². The first-order valence-corrected chi connectivity index (χ1v) is 17.6. The maximum absolute atomic E-state index is 13.8. The van der Waals surface area contributed by atoms with E-state index in [-0.39, 0.29) is 54.9 Å². The number of fused-ring (bicyclic) bond motifs is 1. The van der Waals surface area contributed by atoms with Crippen LogP contribution in [0.25, 0.3) is 22.4 Å². The van der Waals surface area contributed by atoms with Gasteiger partial charge >= 0.3 is 0 Å². The largest absolute Gasteiger partial charge is 0.495 e. The summed E-state index contributed by atoms with van der Waals surface area (Å²) in [5.74, 6) is 1.15. The minimum Gasteiger partial charge on any atom is -0.495 e. The van der Waals surface area contributed by atoms with E-state index in [9.17, 15) is 14.4 Å². The van der Waals surface area contributed by atoms with Crippen molar-refractivity contribution in [3.05, 3.63) is 95.8 Å². The lowest BCUT2D eigenvalue weighted by atomic mass is 10.1. The average molecular weight is 813 g/mol. The number of nitrogens with zero attached hydrogens (tertiary/aromatic N) is 5. The zero-order chi connectivity index (χ0) is 36.6. The van der Waals surface area contributed by atoms with Gasteiger partial charge in [0.2, 0.25) is 5.91 Å². The molecular weight excluding hydrogens is 765 g/mol. The number of pyridine rings is 1. The van der Waals surface area contributed by atoms with E-state index in [0.29, 0.717) is 58.4 Å². The van der Waals surface area contributed by atoms with Gasteiger partial charge in [-0.05, 0) is 93.4 Å². The number of aryl methyl sites for hydroxylation is 1. The third kappa shape index (κ3) is 10.9. The lowest BCUT2D eigenvalue weighted by Gasteiger charge is -2.32. The van der Waals surface area contributed by atoms with Crippen molar-refractivity contribution in [1.29, 1.82) is 0 Å².